The summed E-state index contributed by atoms with van der Waals surface area (Å²) >= 11 is 0. The highest BCUT2D eigenvalue weighted by molar-refractivity contribution is 5.98. The van der Waals surface area contributed by atoms with Crippen molar-refractivity contribution in [3.63, 3.8) is 0 Å². The first kappa shape index (κ1) is 24.6. The van der Waals surface area contributed by atoms with Crippen molar-refractivity contribution in [3.8, 4) is 0 Å². The van der Waals surface area contributed by atoms with Gasteiger partial charge in [0.1, 0.15) is 11.9 Å². The maximum atomic E-state index is 14.1. The summed E-state index contributed by atoms with van der Waals surface area (Å²) in [6.45, 7) is 3.26. The molecule has 2 amide bonds. The number of carbonyl (C=O) groups excluding carboxylic acids is 2. The van der Waals surface area contributed by atoms with E-state index < -0.39 is 6.04 Å². The molecule has 3 aliphatic rings. The highest BCUT2D eigenvalue weighted by Gasteiger charge is 2.36. The molecule has 1 fully saturated rings. The van der Waals surface area contributed by atoms with Gasteiger partial charge in [-0.15, -0.1) is 0 Å². The minimum absolute atomic E-state index is 0.162. The van der Waals surface area contributed by atoms with Crippen LogP contribution in [-0.4, -0.2) is 49.1 Å². The molecule has 2 atom stereocenters. The Balaban J connectivity index is 1.28. The van der Waals surface area contributed by atoms with Gasteiger partial charge in [-0.3, -0.25) is 9.59 Å². The number of rotatable bonds is 4. The van der Waals surface area contributed by atoms with Crippen LogP contribution in [0.3, 0.4) is 0 Å². The van der Waals surface area contributed by atoms with Crippen molar-refractivity contribution in [2.45, 2.75) is 44.3 Å². The van der Waals surface area contributed by atoms with Crippen LogP contribution in [0.15, 0.2) is 66.7 Å². The van der Waals surface area contributed by atoms with Crippen molar-refractivity contribution < 1.29 is 18.7 Å². The van der Waals surface area contributed by atoms with Crippen LogP contribution in [-0.2, 0) is 28.9 Å². The molecule has 2 aliphatic heterocycles. The zero-order valence-electron chi connectivity index (χ0n) is 21.4. The van der Waals surface area contributed by atoms with E-state index in [4.69, 9.17) is 4.74 Å². The minimum atomic E-state index is -0.650. The summed E-state index contributed by atoms with van der Waals surface area (Å²) in [5, 5.41) is 3.18. The smallest absolute Gasteiger partial charge is 0.254 e. The predicted octanol–water partition coefficient (Wildman–Crippen LogP) is 4.42. The number of amides is 2. The van der Waals surface area contributed by atoms with Gasteiger partial charge in [0.2, 0.25) is 5.91 Å². The number of carbonyl (C=O) groups is 2. The van der Waals surface area contributed by atoms with E-state index in [0.717, 1.165) is 60.3 Å². The monoisotopic (exact) mass is 513 g/mol. The number of halogens is 1. The summed E-state index contributed by atoms with van der Waals surface area (Å²) < 4.78 is 19.5. The number of nitrogens with zero attached hydrogens (tertiary/aromatic N) is 2. The lowest BCUT2D eigenvalue weighted by molar-refractivity contribution is -0.127. The van der Waals surface area contributed by atoms with Crippen LogP contribution in [0.2, 0.25) is 0 Å². The van der Waals surface area contributed by atoms with E-state index in [0.29, 0.717) is 31.7 Å². The third kappa shape index (κ3) is 4.90. The number of anilines is 1. The molecule has 0 spiro atoms. The van der Waals surface area contributed by atoms with Crippen molar-refractivity contribution in [2.75, 3.05) is 31.2 Å². The molecule has 2 heterocycles. The molecule has 6 nitrogen and oxygen atoms in total. The number of fused-ring (bicyclic) bond motifs is 2. The number of ether oxygens (including phenoxy) is 1. The Labute approximate surface area is 222 Å². The van der Waals surface area contributed by atoms with Gasteiger partial charge in [0, 0.05) is 37.3 Å². The van der Waals surface area contributed by atoms with Gasteiger partial charge in [-0.2, -0.15) is 0 Å². The van der Waals surface area contributed by atoms with Crippen molar-refractivity contribution in [1.29, 1.82) is 0 Å². The molecular formula is C31H32FN3O3. The maximum Gasteiger partial charge on any atom is 0.254 e. The predicted molar refractivity (Wildman–Crippen MR) is 144 cm³/mol. The van der Waals surface area contributed by atoms with Crippen LogP contribution in [0.25, 0.3) is 0 Å². The van der Waals surface area contributed by atoms with Crippen molar-refractivity contribution in [3.05, 3.63) is 100 Å². The van der Waals surface area contributed by atoms with Crippen LogP contribution >= 0.6 is 0 Å². The summed E-state index contributed by atoms with van der Waals surface area (Å²) in [4.78, 5) is 31.7. The molecule has 196 valence electrons. The van der Waals surface area contributed by atoms with E-state index in [-0.39, 0.29) is 23.7 Å². The molecule has 1 N–H and O–H groups in total. The fraction of sp³-hybridized carbons (Fsp3) is 0.355. The minimum Gasteiger partial charge on any atom is -0.378 e. The Kier molecular flexibility index (Phi) is 6.85. The molecule has 2 unspecified atom stereocenters. The normalized spacial score (nSPS) is 20.9. The molecule has 1 aliphatic carbocycles. The van der Waals surface area contributed by atoms with Crippen molar-refractivity contribution in [2.24, 2.45) is 0 Å². The highest BCUT2D eigenvalue weighted by atomic mass is 19.1. The average molecular weight is 514 g/mol. The van der Waals surface area contributed by atoms with E-state index in [1.807, 2.05) is 54.6 Å². The first-order valence-electron chi connectivity index (χ1n) is 13.5. The molecule has 7 heteroatoms. The summed E-state index contributed by atoms with van der Waals surface area (Å²) in [7, 11) is 0. The van der Waals surface area contributed by atoms with Gasteiger partial charge in [-0.25, -0.2) is 4.39 Å². The van der Waals surface area contributed by atoms with Crippen LogP contribution in [0.5, 0.6) is 0 Å². The Morgan fingerprint density at radius 1 is 0.921 bits per heavy atom. The zero-order valence-corrected chi connectivity index (χ0v) is 21.4. The van der Waals surface area contributed by atoms with E-state index in [1.165, 1.54) is 12.1 Å². The maximum absolute atomic E-state index is 14.1. The van der Waals surface area contributed by atoms with Crippen LogP contribution < -0.4 is 10.2 Å². The second-order valence-electron chi connectivity index (χ2n) is 10.4. The fourth-order valence-electron chi connectivity index (χ4n) is 5.98. The molecule has 38 heavy (non-hydrogen) atoms. The second-order valence-corrected chi connectivity index (χ2v) is 10.4. The Bertz CT molecular complexity index is 1350. The SMILES string of the molecule is O=C(NC1CCCc2ccc(F)cc21)C1Cc2ccccc2CN1C(=O)c1cccc(N2CCOCC2)c1. The Morgan fingerprint density at radius 3 is 2.58 bits per heavy atom. The molecule has 0 radical (unpaired) electrons. The molecule has 6 rings (SSSR count). The van der Waals surface area contributed by atoms with Crippen molar-refractivity contribution in [1.82, 2.24) is 10.2 Å². The quantitative estimate of drug-likeness (QED) is 0.561. The molecule has 0 bridgehead atoms. The number of benzene rings is 3. The lowest BCUT2D eigenvalue weighted by atomic mass is 9.87. The Morgan fingerprint density at radius 2 is 1.74 bits per heavy atom. The molecular weight excluding hydrogens is 481 g/mol. The van der Waals surface area contributed by atoms with E-state index in [2.05, 4.69) is 10.2 Å². The third-order valence-electron chi connectivity index (χ3n) is 8.02. The summed E-state index contributed by atoms with van der Waals surface area (Å²) in [6.07, 6.45) is 3.00. The number of nitrogens with one attached hydrogen (secondary N) is 1. The first-order valence-corrected chi connectivity index (χ1v) is 13.5. The molecule has 3 aromatic carbocycles. The van der Waals surface area contributed by atoms with E-state index in [9.17, 15) is 14.0 Å². The van der Waals surface area contributed by atoms with E-state index >= 15 is 0 Å². The number of hydrogen-bond acceptors (Lipinski definition) is 4. The van der Waals surface area contributed by atoms with Crippen molar-refractivity contribution >= 4 is 17.5 Å². The van der Waals surface area contributed by atoms with Crippen LogP contribution in [0, 0.1) is 5.82 Å². The van der Waals surface area contributed by atoms with E-state index in [1.54, 1.807) is 4.90 Å². The lowest BCUT2D eigenvalue weighted by Gasteiger charge is -2.37. The van der Waals surface area contributed by atoms with Crippen LogP contribution in [0.1, 0.15) is 51.5 Å². The van der Waals surface area contributed by atoms with Gasteiger partial charge in [0.15, 0.2) is 0 Å². The zero-order chi connectivity index (χ0) is 26.1. The summed E-state index contributed by atoms with van der Waals surface area (Å²) in [5.74, 6) is -0.655. The fourth-order valence-corrected chi connectivity index (χ4v) is 5.98. The van der Waals surface area contributed by atoms with Gasteiger partial charge in [-0.05, 0) is 71.8 Å². The van der Waals surface area contributed by atoms with Gasteiger partial charge in [0.05, 0.1) is 19.3 Å². The summed E-state index contributed by atoms with van der Waals surface area (Å²) in [5.41, 5.74) is 5.60. The summed E-state index contributed by atoms with van der Waals surface area (Å²) in [6, 6.07) is 19.6. The third-order valence-corrected chi connectivity index (χ3v) is 8.02. The molecule has 3 aromatic rings. The molecule has 0 aromatic heterocycles. The number of morpholine rings is 1. The topological polar surface area (TPSA) is 61.9 Å². The second kappa shape index (κ2) is 10.6. The largest absolute Gasteiger partial charge is 0.378 e. The number of aryl methyl sites for hydroxylation is 1. The lowest BCUT2D eigenvalue weighted by Crippen LogP contribution is -2.53. The average Bonchev–Trinajstić information content (AvgIpc) is 2.97. The highest BCUT2D eigenvalue weighted by Crippen LogP contribution is 2.32. The molecule has 0 saturated carbocycles. The van der Waals surface area contributed by atoms with Gasteiger partial charge < -0.3 is 19.9 Å². The van der Waals surface area contributed by atoms with Gasteiger partial charge in [0.25, 0.3) is 5.91 Å². The van der Waals surface area contributed by atoms with Gasteiger partial charge in [-0.1, -0.05) is 36.4 Å². The number of hydrogen-bond donors (Lipinski definition) is 1. The Hall–Kier alpha value is -3.71. The standard InChI is InChI=1S/C31H32FN3O3/c32-25-12-11-21-7-4-10-28(27(21)19-25)33-30(36)29-18-22-5-1-2-6-24(22)20-35(29)31(37)23-8-3-9-26(17-23)34-13-15-38-16-14-34/h1-3,5-6,8-9,11-12,17,19,28-29H,4,7,10,13-16,18,20H2,(H,33,36). The molecule has 1 saturated heterocycles. The van der Waals surface area contributed by atoms with Gasteiger partial charge >= 0.3 is 0 Å². The van der Waals surface area contributed by atoms with Crippen LogP contribution in [0.4, 0.5) is 10.1 Å². The first-order chi connectivity index (χ1) is 18.6.